The van der Waals surface area contributed by atoms with Crippen LogP contribution in [0.25, 0.3) is 10.9 Å². The van der Waals surface area contributed by atoms with Crippen LogP contribution in [-0.4, -0.2) is 25.0 Å². The fourth-order valence-electron chi connectivity index (χ4n) is 1.73. The summed E-state index contributed by atoms with van der Waals surface area (Å²) in [5.41, 5.74) is 0.600. The summed E-state index contributed by atoms with van der Waals surface area (Å²) in [4.78, 5) is 4.09. The van der Waals surface area contributed by atoms with E-state index in [0.717, 1.165) is 0 Å². The van der Waals surface area contributed by atoms with E-state index in [1.54, 1.807) is 24.3 Å². The molecule has 6 heteroatoms. The number of alkyl halides is 1. The van der Waals surface area contributed by atoms with E-state index in [2.05, 4.69) is 4.98 Å². The molecule has 2 aromatic rings. The third-order valence-corrected chi connectivity index (χ3v) is 4.72. The molecule has 0 bridgehead atoms. The monoisotopic (exact) mass is 280 g/mol. The third kappa shape index (κ3) is 2.17. The van der Waals surface area contributed by atoms with Crippen molar-refractivity contribution in [3.63, 3.8) is 0 Å². The fraction of sp³-hybridized carbons (Fsp3) is 0.167. The molecule has 0 N–H and O–H groups in total. The number of sulfone groups is 1. The SMILES string of the molecule is N#Cc1cnc2ccccc2c1S(=O)(=O)CCCl. The Morgan fingerprint density at radius 3 is 2.72 bits per heavy atom. The molecule has 18 heavy (non-hydrogen) atoms. The van der Waals surface area contributed by atoms with Gasteiger partial charge in [-0.1, -0.05) is 18.2 Å². The number of hydrogen-bond donors (Lipinski definition) is 0. The van der Waals surface area contributed by atoms with Crippen molar-refractivity contribution < 1.29 is 8.42 Å². The van der Waals surface area contributed by atoms with Crippen LogP contribution in [0.1, 0.15) is 5.56 Å². The lowest BCUT2D eigenvalue weighted by Crippen LogP contribution is -2.11. The van der Waals surface area contributed by atoms with Gasteiger partial charge in [0.2, 0.25) is 0 Å². The molecule has 0 aliphatic heterocycles. The largest absolute Gasteiger partial charge is 0.255 e. The van der Waals surface area contributed by atoms with E-state index in [1.165, 1.54) is 6.20 Å². The van der Waals surface area contributed by atoms with Crippen molar-refractivity contribution in [1.29, 1.82) is 5.26 Å². The molecule has 0 radical (unpaired) electrons. The molecule has 1 heterocycles. The van der Waals surface area contributed by atoms with Crippen LogP contribution in [0.3, 0.4) is 0 Å². The quantitative estimate of drug-likeness (QED) is 0.808. The predicted molar refractivity (Wildman–Crippen MR) is 69.2 cm³/mol. The first-order valence-corrected chi connectivity index (χ1v) is 7.35. The Balaban J connectivity index is 2.87. The van der Waals surface area contributed by atoms with Gasteiger partial charge < -0.3 is 0 Å². The van der Waals surface area contributed by atoms with Gasteiger partial charge in [-0.3, -0.25) is 4.98 Å². The van der Waals surface area contributed by atoms with Crippen molar-refractivity contribution in [3.8, 4) is 6.07 Å². The van der Waals surface area contributed by atoms with Crippen LogP contribution in [-0.2, 0) is 9.84 Å². The Bertz CT molecular complexity index is 735. The first-order chi connectivity index (χ1) is 8.60. The minimum Gasteiger partial charge on any atom is -0.255 e. The van der Waals surface area contributed by atoms with Gasteiger partial charge in [0.25, 0.3) is 0 Å². The molecule has 4 nitrogen and oxygen atoms in total. The molecule has 2 rings (SSSR count). The van der Waals surface area contributed by atoms with Gasteiger partial charge in [0, 0.05) is 17.5 Å². The van der Waals surface area contributed by atoms with Gasteiger partial charge in [0.1, 0.15) is 6.07 Å². The lowest BCUT2D eigenvalue weighted by atomic mass is 10.2. The molecule has 0 atom stereocenters. The van der Waals surface area contributed by atoms with Gasteiger partial charge in [0.15, 0.2) is 9.84 Å². The molecule has 0 amide bonds. The molecule has 1 aromatic carbocycles. The molecule has 0 unspecified atom stereocenters. The van der Waals surface area contributed by atoms with Crippen molar-refractivity contribution in [2.24, 2.45) is 0 Å². The van der Waals surface area contributed by atoms with E-state index in [9.17, 15) is 8.42 Å². The number of hydrogen-bond acceptors (Lipinski definition) is 4. The van der Waals surface area contributed by atoms with Crippen molar-refractivity contribution in [3.05, 3.63) is 36.0 Å². The van der Waals surface area contributed by atoms with Crippen molar-refractivity contribution in [1.82, 2.24) is 4.98 Å². The molecule has 92 valence electrons. The summed E-state index contributed by atoms with van der Waals surface area (Å²) in [5.74, 6) is -0.207. The van der Waals surface area contributed by atoms with Gasteiger partial charge in [-0.25, -0.2) is 8.42 Å². The molecule has 1 aromatic heterocycles. The van der Waals surface area contributed by atoms with Crippen LogP contribution in [0.5, 0.6) is 0 Å². The Morgan fingerprint density at radius 2 is 2.06 bits per heavy atom. The van der Waals surface area contributed by atoms with Gasteiger partial charge in [0.05, 0.1) is 21.7 Å². The second-order valence-electron chi connectivity index (χ2n) is 3.64. The third-order valence-electron chi connectivity index (χ3n) is 2.50. The Labute approximate surface area is 110 Å². The van der Waals surface area contributed by atoms with E-state index in [-0.39, 0.29) is 22.1 Å². The van der Waals surface area contributed by atoms with Gasteiger partial charge >= 0.3 is 0 Å². The van der Waals surface area contributed by atoms with Crippen LogP contribution in [0.15, 0.2) is 35.4 Å². The maximum atomic E-state index is 12.2. The minimum absolute atomic E-state index is 0.0101. The lowest BCUT2D eigenvalue weighted by Gasteiger charge is -2.08. The highest BCUT2D eigenvalue weighted by molar-refractivity contribution is 7.91. The number of nitriles is 1. The summed E-state index contributed by atoms with van der Waals surface area (Å²) in [7, 11) is -3.57. The highest BCUT2D eigenvalue weighted by atomic mass is 35.5. The van der Waals surface area contributed by atoms with E-state index in [0.29, 0.717) is 10.9 Å². The zero-order chi connectivity index (χ0) is 13.2. The summed E-state index contributed by atoms with van der Waals surface area (Å²) in [6.45, 7) is 0. The van der Waals surface area contributed by atoms with Crippen LogP contribution < -0.4 is 0 Å². The van der Waals surface area contributed by atoms with Gasteiger partial charge in [-0.15, -0.1) is 11.6 Å². The summed E-state index contributed by atoms with van der Waals surface area (Å²) >= 11 is 5.50. The molecule has 0 spiro atoms. The maximum absolute atomic E-state index is 12.2. The Kier molecular flexibility index (Phi) is 3.50. The average Bonchev–Trinajstić information content (AvgIpc) is 2.37. The average molecular weight is 281 g/mol. The summed E-state index contributed by atoms with van der Waals surface area (Å²) in [6, 6.07) is 8.69. The molecule has 0 saturated heterocycles. The number of benzene rings is 1. The number of pyridine rings is 1. The second-order valence-corrected chi connectivity index (χ2v) is 6.06. The zero-order valence-corrected chi connectivity index (χ0v) is 10.9. The van der Waals surface area contributed by atoms with Crippen molar-refractivity contribution >= 4 is 32.3 Å². The maximum Gasteiger partial charge on any atom is 0.181 e. The minimum atomic E-state index is -3.57. The van der Waals surface area contributed by atoms with E-state index < -0.39 is 9.84 Å². The number of aromatic nitrogens is 1. The van der Waals surface area contributed by atoms with Crippen molar-refractivity contribution in [2.45, 2.75) is 4.90 Å². The molecular weight excluding hydrogens is 272 g/mol. The smallest absolute Gasteiger partial charge is 0.181 e. The number of fused-ring (bicyclic) bond motifs is 1. The standard InChI is InChI=1S/C12H9ClN2O2S/c13-5-6-18(16,17)12-9(7-14)8-15-11-4-2-1-3-10(11)12/h1-4,8H,5-6H2. The zero-order valence-electron chi connectivity index (χ0n) is 9.30. The van der Waals surface area contributed by atoms with Crippen LogP contribution in [0, 0.1) is 11.3 Å². The van der Waals surface area contributed by atoms with Crippen molar-refractivity contribution in [2.75, 3.05) is 11.6 Å². The molecular formula is C12H9ClN2O2S. The lowest BCUT2D eigenvalue weighted by molar-refractivity contribution is 0.598. The second kappa shape index (κ2) is 4.92. The highest BCUT2D eigenvalue weighted by Gasteiger charge is 2.21. The predicted octanol–water partition coefficient (Wildman–Crippen LogP) is 2.12. The summed E-state index contributed by atoms with van der Waals surface area (Å²) in [6.07, 6.45) is 1.28. The van der Waals surface area contributed by atoms with Gasteiger partial charge in [-0.05, 0) is 6.07 Å². The van der Waals surface area contributed by atoms with Crippen LogP contribution >= 0.6 is 11.6 Å². The highest BCUT2D eigenvalue weighted by Crippen LogP contribution is 2.25. The number of rotatable bonds is 3. The van der Waals surface area contributed by atoms with E-state index in [4.69, 9.17) is 16.9 Å². The number of halogens is 1. The number of nitrogens with zero attached hydrogens (tertiary/aromatic N) is 2. The van der Waals surface area contributed by atoms with Crippen LogP contribution in [0.2, 0.25) is 0 Å². The van der Waals surface area contributed by atoms with Gasteiger partial charge in [-0.2, -0.15) is 5.26 Å². The van der Waals surface area contributed by atoms with Crippen LogP contribution in [0.4, 0.5) is 0 Å². The first-order valence-electron chi connectivity index (χ1n) is 5.16. The summed E-state index contributed by atoms with van der Waals surface area (Å²) < 4.78 is 24.3. The Hall–Kier alpha value is -1.64. The first kappa shape index (κ1) is 12.8. The van der Waals surface area contributed by atoms with E-state index in [1.807, 2.05) is 6.07 Å². The molecule has 0 fully saturated rings. The fourth-order valence-corrected chi connectivity index (χ4v) is 3.69. The molecule has 0 aliphatic rings. The number of para-hydroxylation sites is 1. The normalized spacial score (nSPS) is 11.3. The van der Waals surface area contributed by atoms with E-state index >= 15 is 0 Å². The Morgan fingerprint density at radius 1 is 1.33 bits per heavy atom. The molecule has 0 saturated carbocycles. The molecule has 0 aliphatic carbocycles. The summed E-state index contributed by atoms with van der Waals surface area (Å²) in [5, 5.41) is 9.48. The topological polar surface area (TPSA) is 70.8 Å².